The third-order valence-electron chi connectivity index (χ3n) is 4.25. The van der Waals surface area contributed by atoms with Gasteiger partial charge in [0, 0.05) is 37.2 Å². The molecular formula is C21H26N4O. The maximum Gasteiger partial charge on any atom is 0.191 e. The lowest BCUT2D eigenvalue weighted by Gasteiger charge is -2.12. The lowest BCUT2D eigenvalue weighted by atomic mass is 10.1. The van der Waals surface area contributed by atoms with Crippen LogP contribution in [0.4, 0.5) is 0 Å². The molecule has 0 saturated heterocycles. The number of para-hydroxylation sites is 1. The first-order valence-corrected chi connectivity index (χ1v) is 9.01. The first-order chi connectivity index (χ1) is 12.8. The lowest BCUT2D eigenvalue weighted by molar-refractivity contribution is 0.340. The first kappa shape index (κ1) is 17.9. The van der Waals surface area contributed by atoms with Gasteiger partial charge in [0.05, 0.1) is 6.61 Å². The summed E-state index contributed by atoms with van der Waals surface area (Å²) in [5, 5.41) is 8.01. The molecule has 0 atom stereocenters. The van der Waals surface area contributed by atoms with E-state index in [1.54, 1.807) is 7.05 Å². The molecule has 0 aliphatic rings. The number of benzene rings is 2. The van der Waals surface area contributed by atoms with Crippen molar-refractivity contribution in [3.05, 3.63) is 65.9 Å². The van der Waals surface area contributed by atoms with Gasteiger partial charge in [-0.15, -0.1) is 0 Å². The summed E-state index contributed by atoms with van der Waals surface area (Å²) in [5.41, 5.74) is 3.66. The van der Waals surface area contributed by atoms with Crippen LogP contribution in [0.2, 0.25) is 0 Å². The van der Waals surface area contributed by atoms with E-state index >= 15 is 0 Å². The summed E-state index contributed by atoms with van der Waals surface area (Å²) >= 11 is 0. The van der Waals surface area contributed by atoms with Crippen LogP contribution in [0.25, 0.3) is 10.9 Å². The molecule has 5 nitrogen and oxygen atoms in total. The van der Waals surface area contributed by atoms with Crippen molar-refractivity contribution in [1.82, 2.24) is 15.6 Å². The van der Waals surface area contributed by atoms with Crippen LogP contribution in [0.15, 0.2) is 59.7 Å². The van der Waals surface area contributed by atoms with Gasteiger partial charge in [0.25, 0.3) is 0 Å². The van der Waals surface area contributed by atoms with Crippen molar-refractivity contribution >= 4 is 16.9 Å². The molecule has 0 unspecified atom stereocenters. The summed E-state index contributed by atoms with van der Waals surface area (Å²) in [5.74, 6) is 1.70. The Morgan fingerprint density at radius 3 is 2.85 bits per heavy atom. The standard InChI is InChI=1S/C21H26N4O/c1-3-26-18-8-6-7-16(13-18)14-25-21(22-2)23-12-11-17-15-24-20-10-5-4-9-19(17)20/h4-10,13,15,24H,3,11-12,14H2,1-2H3,(H2,22,23,25). The molecule has 0 radical (unpaired) electrons. The maximum atomic E-state index is 5.54. The van der Waals surface area contributed by atoms with Crippen molar-refractivity contribution in [3.63, 3.8) is 0 Å². The predicted molar refractivity (Wildman–Crippen MR) is 108 cm³/mol. The van der Waals surface area contributed by atoms with Crippen LogP contribution in [0.5, 0.6) is 5.75 Å². The molecule has 136 valence electrons. The molecule has 3 N–H and O–H groups in total. The van der Waals surface area contributed by atoms with Gasteiger partial charge in [-0.3, -0.25) is 4.99 Å². The Kier molecular flexibility index (Phi) is 6.14. The number of aromatic amines is 1. The fourth-order valence-corrected chi connectivity index (χ4v) is 2.97. The first-order valence-electron chi connectivity index (χ1n) is 9.01. The van der Waals surface area contributed by atoms with E-state index in [1.807, 2.05) is 25.1 Å². The zero-order chi connectivity index (χ0) is 18.2. The predicted octanol–water partition coefficient (Wildman–Crippen LogP) is 3.47. The normalized spacial score (nSPS) is 11.5. The van der Waals surface area contributed by atoms with Crippen molar-refractivity contribution in [2.24, 2.45) is 4.99 Å². The quantitative estimate of drug-likeness (QED) is 0.452. The molecule has 0 aliphatic carbocycles. The van der Waals surface area contributed by atoms with Crippen LogP contribution in [-0.2, 0) is 13.0 Å². The summed E-state index contributed by atoms with van der Waals surface area (Å²) in [4.78, 5) is 7.62. The Bertz CT molecular complexity index is 869. The second kappa shape index (κ2) is 8.94. The number of H-pyrrole nitrogens is 1. The third-order valence-corrected chi connectivity index (χ3v) is 4.25. The highest BCUT2D eigenvalue weighted by atomic mass is 16.5. The highest BCUT2D eigenvalue weighted by molar-refractivity contribution is 5.83. The van der Waals surface area contributed by atoms with Crippen molar-refractivity contribution in [2.75, 3.05) is 20.2 Å². The molecule has 0 amide bonds. The van der Waals surface area contributed by atoms with Gasteiger partial charge in [-0.25, -0.2) is 0 Å². The average molecular weight is 350 g/mol. The highest BCUT2D eigenvalue weighted by Crippen LogP contribution is 2.17. The van der Waals surface area contributed by atoms with E-state index in [4.69, 9.17) is 4.74 Å². The number of hydrogen-bond acceptors (Lipinski definition) is 2. The molecule has 1 heterocycles. The average Bonchev–Trinajstić information content (AvgIpc) is 3.08. The van der Waals surface area contributed by atoms with Gasteiger partial charge in [0.2, 0.25) is 0 Å². The van der Waals surface area contributed by atoms with E-state index in [1.165, 1.54) is 16.5 Å². The molecule has 2 aromatic carbocycles. The number of ether oxygens (including phenoxy) is 1. The molecule has 0 spiro atoms. The third kappa shape index (κ3) is 4.57. The Morgan fingerprint density at radius 2 is 2.00 bits per heavy atom. The van der Waals surface area contributed by atoms with E-state index in [0.717, 1.165) is 30.2 Å². The van der Waals surface area contributed by atoms with E-state index in [0.29, 0.717) is 13.2 Å². The van der Waals surface area contributed by atoms with Crippen molar-refractivity contribution in [3.8, 4) is 5.75 Å². The number of aromatic nitrogens is 1. The summed E-state index contributed by atoms with van der Waals surface area (Å²) in [6.07, 6.45) is 3.02. The minimum Gasteiger partial charge on any atom is -0.494 e. The van der Waals surface area contributed by atoms with E-state index in [-0.39, 0.29) is 0 Å². The number of aliphatic imine (C=N–C) groups is 1. The van der Waals surface area contributed by atoms with E-state index in [2.05, 4.69) is 57.1 Å². The largest absolute Gasteiger partial charge is 0.494 e. The fourth-order valence-electron chi connectivity index (χ4n) is 2.97. The Hall–Kier alpha value is -2.95. The van der Waals surface area contributed by atoms with Crippen LogP contribution in [0, 0.1) is 0 Å². The van der Waals surface area contributed by atoms with Crippen LogP contribution in [0.3, 0.4) is 0 Å². The summed E-state index contributed by atoms with van der Waals surface area (Å²) < 4.78 is 5.54. The SMILES string of the molecule is CCOc1cccc(CNC(=NC)NCCc2c[nH]c3ccccc23)c1. The molecule has 3 rings (SSSR count). The van der Waals surface area contributed by atoms with Crippen LogP contribution >= 0.6 is 0 Å². The Morgan fingerprint density at radius 1 is 1.12 bits per heavy atom. The number of rotatable bonds is 7. The van der Waals surface area contributed by atoms with Gasteiger partial charge in [0.15, 0.2) is 5.96 Å². The smallest absolute Gasteiger partial charge is 0.191 e. The van der Waals surface area contributed by atoms with Crippen LogP contribution < -0.4 is 15.4 Å². The second-order valence-corrected chi connectivity index (χ2v) is 6.04. The van der Waals surface area contributed by atoms with Gasteiger partial charge in [-0.2, -0.15) is 0 Å². The van der Waals surface area contributed by atoms with Gasteiger partial charge in [-0.05, 0) is 42.7 Å². The summed E-state index contributed by atoms with van der Waals surface area (Å²) in [7, 11) is 1.79. The number of nitrogens with zero attached hydrogens (tertiary/aromatic N) is 1. The zero-order valence-corrected chi connectivity index (χ0v) is 15.4. The highest BCUT2D eigenvalue weighted by Gasteiger charge is 2.04. The number of guanidine groups is 1. The van der Waals surface area contributed by atoms with E-state index < -0.39 is 0 Å². The summed E-state index contributed by atoms with van der Waals surface area (Å²) in [6, 6.07) is 16.5. The monoisotopic (exact) mass is 350 g/mol. The minimum absolute atomic E-state index is 0.675. The summed E-state index contributed by atoms with van der Waals surface area (Å²) in [6.45, 7) is 4.19. The number of nitrogens with one attached hydrogen (secondary N) is 3. The van der Waals surface area contributed by atoms with Gasteiger partial charge in [0.1, 0.15) is 5.75 Å². The van der Waals surface area contributed by atoms with Crippen LogP contribution in [-0.4, -0.2) is 31.1 Å². The zero-order valence-electron chi connectivity index (χ0n) is 15.4. The Balaban J connectivity index is 1.50. The van der Waals surface area contributed by atoms with Crippen molar-refractivity contribution in [2.45, 2.75) is 19.9 Å². The number of fused-ring (bicyclic) bond motifs is 1. The molecular weight excluding hydrogens is 324 g/mol. The molecule has 26 heavy (non-hydrogen) atoms. The van der Waals surface area contributed by atoms with Gasteiger partial charge in [-0.1, -0.05) is 30.3 Å². The Labute approximate surface area is 154 Å². The molecule has 0 saturated carbocycles. The maximum absolute atomic E-state index is 5.54. The lowest BCUT2D eigenvalue weighted by Crippen LogP contribution is -2.37. The minimum atomic E-state index is 0.675. The van der Waals surface area contributed by atoms with Gasteiger partial charge >= 0.3 is 0 Å². The molecule has 1 aromatic heterocycles. The second-order valence-electron chi connectivity index (χ2n) is 6.04. The molecule has 0 aliphatic heterocycles. The fraction of sp³-hybridized carbons (Fsp3) is 0.286. The van der Waals surface area contributed by atoms with Gasteiger partial charge < -0.3 is 20.4 Å². The molecule has 3 aromatic rings. The van der Waals surface area contributed by atoms with Crippen molar-refractivity contribution in [1.29, 1.82) is 0 Å². The molecule has 0 fully saturated rings. The van der Waals surface area contributed by atoms with Crippen molar-refractivity contribution < 1.29 is 4.74 Å². The molecule has 5 heteroatoms. The number of hydrogen-bond donors (Lipinski definition) is 3. The van der Waals surface area contributed by atoms with Crippen LogP contribution in [0.1, 0.15) is 18.1 Å². The van der Waals surface area contributed by atoms with E-state index in [9.17, 15) is 0 Å². The molecule has 0 bridgehead atoms. The topological polar surface area (TPSA) is 61.4 Å².